The van der Waals surface area contributed by atoms with Gasteiger partial charge in [0.05, 0.1) is 25.1 Å². The highest BCUT2D eigenvalue weighted by Crippen LogP contribution is 2.34. The fourth-order valence-corrected chi connectivity index (χ4v) is 3.23. The molecule has 3 N–H and O–H groups in total. The Morgan fingerprint density at radius 3 is 2.42 bits per heavy atom. The van der Waals surface area contributed by atoms with Gasteiger partial charge in [-0.3, -0.25) is 14.7 Å². The molecule has 3 aromatic rings. The Bertz CT molecular complexity index is 1180. The molecule has 0 spiro atoms. The highest BCUT2D eigenvalue weighted by molar-refractivity contribution is 6.06. The number of benzene rings is 1. The van der Waals surface area contributed by atoms with E-state index in [0.29, 0.717) is 0 Å². The van der Waals surface area contributed by atoms with Crippen molar-refractivity contribution in [3.05, 3.63) is 53.0 Å². The van der Waals surface area contributed by atoms with Gasteiger partial charge in [-0.15, -0.1) is 0 Å². The topological polar surface area (TPSA) is 116 Å². The Kier molecular flexibility index (Phi) is 5.84. The Labute approximate surface area is 181 Å². The maximum atomic E-state index is 13.9. The third kappa shape index (κ3) is 4.41. The molecule has 1 aliphatic heterocycles. The first-order chi connectivity index (χ1) is 15.7. The van der Waals surface area contributed by atoms with E-state index in [1.807, 2.05) is 4.98 Å². The van der Waals surface area contributed by atoms with Crippen LogP contribution in [0, 0.1) is 11.6 Å². The first kappa shape index (κ1) is 22.4. The summed E-state index contributed by atoms with van der Waals surface area (Å²) in [5.74, 6) is -4.87. The van der Waals surface area contributed by atoms with Gasteiger partial charge in [-0.05, 0) is 12.1 Å². The molecule has 0 saturated carbocycles. The third-order valence-corrected chi connectivity index (χ3v) is 4.80. The average Bonchev–Trinajstić information content (AvgIpc) is 3.40. The molecular formula is C19H15F5N6O3. The van der Waals surface area contributed by atoms with Crippen LogP contribution in [-0.2, 0) is 10.9 Å². The summed E-state index contributed by atoms with van der Waals surface area (Å²) in [4.78, 5) is 32.1. The number of carbonyl (C=O) groups is 2. The van der Waals surface area contributed by atoms with Crippen molar-refractivity contribution in [2.75, 3.05) is 31.6 Å². The van der Waals surface area contributed by atoms with E-state index >= 15 is 0 Å². The van der Waals surface area contributed by atoms with Crippen LogP contribution in [0.15, 0.2) is 24.4 Å². The Morgan fingerprint density at radius 1 is 1.12 bits per heavy atom. The summed E-state index contributed by atoms with van der Waals surface area (Å²) < 4.78 is 73.7. The van der Waals surface area contributed by atoms with Crippen LogP contribution in [0.3, 0.4) is 0 Å². The lowest BCUT2D eigenvalue weighted by Gasteiger charge is -2.26. The predicted octanol–water partition coefficient (Wildman–Crippen LogP) is 2.82. The molecule has 1 saturated heterocycles. The molecule has 2 amide bonds. The number of aromatic amines is 2. The van der Waals surface area contributed by atoms with Gasteiger partial charge in [0.1, 0.15) is 22.9 Å². The number of nitrogens with zero attached hydrogens (tertiary/aromatic N) is 3. The minimum atomic E-state index is -4.94. The largest absolute Gasteiger partial charge is 0.433 e. The first-order valence-electron chi connectivity index (χ1n) is 9.50. The lowest BCUT2D eigenvalue weighted by Crippen LogP contribution is -2.41. The number of ether oxygens (including phenoxy) is 1. The molecule has 1 fully saturated rings. The molecule has 0 unspecified atom stereocenters. The van der Waals surface area contributed by atoms with Crippen LogP contribution >= 0.6 is 0 Å². The van der Waals surface area contributed by atoms with Gasteiger partial charge in [0.15, 0.2) is 17.2 Å². The van der Waals surface area contributed by atoms with Crippen LogP contribution in [0.25, 0.3) is 11.5 Å². The normalized spacial score (nSPS) is 14.4. The number of H-pyrrole nitrogens is 2. The zero-order chi connectivity index (χ0) is 23.8. The van der Waals surface area contributed by atoms with Crippen molar-refractivity contribution in [3.8, 4) is 11.5 Å². The number of rotatable bonds is 4. The van der Waals surface area contributed by atoms with Crippen LogP contribution < -0.4 is 5.32 Å². The van der Waals surface area contributed by atoms with Crippen molar-refractivity contribution < 1.29 is 36.3 Å². The number of hydrogen-bond donors (Lipinski definition) is 3. The lowest BCUT2D eigenvalue weighted by atomic mass is 10.2. The van der Waals surface area contributed by atoms with Crippen LogP contribution in [0.2, 0.25) is 0 Å². The molecule has 33 heavy (non-hydrogen) atoms. The van der Waals surface area contributed by atoms with E-state index in [-0.39, 0.29) is 37.7 Å². The predicted molar refractivity (Wildman–Crippen MR) is 102 cm³/mol. The van der Waals surface area contributed by atoms with Gasteiger partial charge in [-0.2, -0.15) is 18.3 Å². The number of anilines is 1. The van der Waals surface area contributed by atoms with Gasteiger partial charge in [-0.25, -0.2) is 13.8 Å². The molecule has 0 atom stereocenters. The van der Waals surface area contributed by atoms with Crippen LogP contribution in [-0.4, -0.2) is 63.2 Å². The van der Waals surface area contributed by atoms with Crippen molar-refractivity contribution in [2.45, 2.75) is 6.18 Å². The summed E-state index contributed by atoms with van der Waals surface area (Å²) in [5.41, 5.74) is -3.59. The molecule has 0 radical (unpaired) electrons. The second kappa shape index (κ2) is 8.61. The Morgan fingerprint density at radius 2 is 1.79 bits per heavy atom. The monoisotopic (exact) mass is 470 g/mol. The number of morpholine rings is 1. The summed E-state index contributed by atoms with van der Waals surface area (Å²) >= 11 is 0. The van der Waals surface area contributed by atoms with E-state index in [9.17, 15) is 31.5 Å². The minimum absolute atomic E-state index is 0.0951. The van der Waals surface area contributed by atoms with Crippen LogP contribution in [0.5, 0.6) is 0 Å². The van der Waals surface area contributed by atoms with Crippen LogP contribution in [0.1, 0.15) is 26.5 Å². The number of imidazole rings is 1. The van der Waals surface area contributed by atoms with Crippen LogP contribution in [0.4, 0.5) is 27.6 Å². The van der Waals surface area contributed by atoms with E-state index in [0.717, 1.165) is 24.4 Å². The first-order valence-corrected chi connectivity index (χ1v) is 9.50. The summed E-state index contributed by atoms with van der Waals surface area (Å²) in [6, 6.07) is 2.82. The van der Waals surface area contributed by atoms with Gasteiger partial charge in [0.2, 0.25) is 0 Å². The number of hydrogen-bond acceptors (Lipinski definition) is 5. The van der Waals surface area contributed by atoms with Gasteiger partial charge in [0, 0.05) is 13.1 Å². The zero-order valence-electron chi connectivity index (χ0n) is 16.6. The second-order valence-electron chi connectivity index (χ2n) is 6.92. The van der Waals surface area contributed by atoms with E-state index in [4.69, 9.17) is 4.74 Å². The molecule has 1 aliphatic rings. The van der Waals surface area contributed by atoms with E-state index < -0.39 is 52.4 Å². The van der Waals surface area contributed by atoms with Crippen molar-refractivity contribution in [1.82, 2.24) is 25.1 Å². The summed E-state index contributed by atoms with van der Waals surface area (Å²) in [7, 11) is 0. The molecule has 2 aromatic heterocycles. The quantitative estimate of drug-likeness (QED) is 0.508. The average molecular weight is 470 g/mol. The van der Waals surface area contributed by atoms with Crippen molar-refractivity contribution >= 4 is 17.5 Å². The summed E-state index contributed by atoms with van der Waals surface area (Å²) in [6.45, 7) is 0.539. The molecule has 174 valence electrons. The van der Waals surface area contributed by atoms with Gasteiger partial charge >= 0.3 is 6.18 Å². The highest BCUT2D eigenvalue weighted by Gasteiger charge is 2.41. The Hall–Kier alpha value is -3.81. The molecule has 0 bridgehead atoms. The van der Waals surface area contributed by atoms with E-state index in [1.54, 1.807) is 0 Å². The minimum Gasteiger partial charge on any atom is -0.378 e. The van der Waals surface area contributed by atoms with Gasteiger partial charge in [0.25, 0.3) is 11.8 Å². The van der Waals surface area contributed by atoms with E-state index in [1.165, 1.54) is 4.90 Å². The van der Waals surface area contributed by atoms with Crippen molar-refractivity contribution in [2.24, 2.45) is 0 Å². The second-order valence-corrected chi connectivity index (χ2v) is 6.92. The fourth-order valence-electron chi connectivity index (χ4n) is 3.23. The number of nitrogens with one attached hydrogen (secondary N) is 3. The van der Waals surface area contributed by atoms with Gasteiger partial charge in [-0.1, -0.05) is 6.07 Å². The molecule has 9 nitrogen and oxygen atoms in total. The third-order valence-electron chi connectivity index (χ3n) is 4.80. The number of aromatic nitrogens is 4. The van der Waals surface area contributed by atoms with Crippen molar-refractivity contribution in [3.63, 3.8) is 0 Å². The number of halogens is 5. The SMILES string of the molecule is O=C(Nc1cn[nH]c1-c1nc(C(=O)N2CCOCC2)c(C(F)(F)F)[nH]1)c1c(F)cccc1F. The number of alkyl halides is 3. The zero-order valence-corrected chi connectivity index (χ0v) is 16.6. The number of carbonyl (C=O) groups excluding carboxylic acids is 2. The van der Waals surface area contributed by atoms with Crippen molar-refractivity contribution in [1.29, 1.82) is 0 Å². The smallest absolute Gasteiger partial charge is 0.378 e. The highest BCUT2D eigenvalue weighted by atomic mass is 19.4. The van der Waals surface area contributed by atoms with E-state index in [2.05, 4.69) is 20.5 Å². The van der Waals surface area contributed by atoms with Gasteiger partial charge < -0.3 is 19.9 Å². The fraction of sp³-hybridized carbons (Fsp3) is 0.263. The summed E-state index contributed by atoms with van der Waals surface area (Å²) in [5, 5.41) is 8.19. The molecule has 1 aromatic carbocycles. The lowest BCUT2D eigenvalue weighted by molar-refractivity contribution is -0.141. The molecule has 14 heteroatoms. The Balaban J connectivity index is 1.68. The molecular weight excluding hydrogens is 455 g/mol. The maximum Gasteiger partial charge on any atom is 0.433 e. The standard InChI is InChI=1S/C19H15F5N6O3/c20-9-2-1-3-10(21)12(9)17(31)26-11-8-25-29-13(11)16-27-14(15(28-16)19(22,23)24)18(32)30-4-6-33-7-5-30/h1-3,8H,4-7H2,(H,25,29)(H,26,31)(H,27,28). The maximum absolute atomic E-state index is 13.9. The summed E-state index contributed by atoms with van der Waals surface area (Å²) in [6.07, 6.45) is -3.92. The molecule has 0 aliphatic carbocycles. The molecule has 4 rings (SSSR count). The molecule has 3 heterocycles. The number of amides is 2.